The van der Waals surface area contributed by atoms with Crippen molar-refractivity contribution in [3.05, 3.63) is 77.2 Å². The van der Waals surface area contributed by atoms with Crippen molar-refractivity contribution < 1.29 is 9.18 Å². The third-order valence-corrected chi connectivity index (χ3v) is 3.63. The van der Waals surface area contributed by atoms with Gasteiger partial charge in [-0.3, -0.25) is 9.78 Å². The van der Waals surface area contributed by atoms with Crippen LogP contribution in [0.1, 0.15) is 5.56 Å². The number of benzene rings is 2. The molecule has 23 heavy (non-hydrogen) atoms. The third-order valence-electron chi connectivity index (χ3n) is 3.28. The summed E-state index contributed by atoms with van der Waals surface area (Å²) in [7, 11) is 0. The Bertz CT molecular complexity index is 908. The number of aromatic nitrogens is 1. The Morgan fingerprint density at radius 3 is 2.83 bits per heavy atom. The lowest BCUT2D eigenvalue weighted by molar-refractivity contribution is -0.111. The molecule has 3 rings (SSSR count). The minimum Gasteiger partial charge on any atom is -0.322 e. The normalized spacial score (nSPS) is 11.0. The number of amides is 1. The molecule has 5 heteroatoms. The van der Waals surface area contributed by atoms with E-state index in [-0.39, 0.29) is 11.7 Å². The van der Waals surface area contributed by atoms with E-state index >= 15 is 0 Å². The monoisotopic (exact) mass is 326 g/mol. The van der Waals surface area contributed by atoms with Crippen molar-refractivity contribution in [3.63, 3.8) is 0 Å². The highest BCUT2D eigenvalue weighted by Crippen LogP contribution is 2.22. The van der Waals surface area contributed by atoms with Gasteiger partial charge >= 0.3 is 0 Å². The zero-order valence-electron chi connectivity index (χ0n) is 12.0. The topological polar surface area (TPSA) is 42.0 Å². The van der Waals surface area contributed by atoms with Crippen molar-refractivity contribution in [2.75, 3.05) is 5.32 Å². The van der Waals surface area contributed by atoms with Crippen molar-refractivity contribution >= 4 is 40.2 Å². The highest BCUT2D eigenvalue weighted by Gasteiger charge is 2.05. The Morgan fingerprint density at radius 2 is 2.00 bits per heavy atom. The largest absolute Gasteiger partial charge is 0.322 e. The number of fused-ring (bicyclic) bond motifs is 1. The van der Waals surface area contributed by atoms with Gasteiger partial charge in [-0.25, -0.2) is 4.39 Å². The molecule has 0 spiro atoms. The lowest BCUT2D eigenvalue weighted by Crippen LogP contribution is -2.08. The number of rotatable bonds is 3. The first kappa shape index (κ1) is 15.2. The van der Waals surface area contributed by atoms with E-state index in [0.29, 0.717) is 21.6 Å². The molecular formula is C18H12ClFN2O. The fraction of sp³-hybridized carbons (Fsp3) is 0. The number of hydrogen-bond donors (Lipinski definition) is 1. The predicted molar refractivity (Wildman–Crippen MR) is 90.8 cm³/mol. The van der Waals surface area contributed by atoms with Gasteiger partial charge in [0.2, 0.25) is 5.91 Å². The number of nitrogens with one attached hydrogen (secondary N) is 1. The maximum atomic E-state index is 13.4. The highest BCUT2D eigenvalue weighted by atomic mass is 35.5. The Morgan fingerprint density at radius 1 is 1.17 bits per heavy atom. The second-order valence-corrected chi connectivity index (χ2v) is 5.27. The average molecular weight is 327 g/mol. The van der Waals surface area contributed by atoms with Crippen LogP contribution >= 0.6 is 11.6 Å². The molecule has 0 aliphatic rings. The molecule has 1 amide bonds. The molecule has 2 aromatic carbocycles. The Labute approximate surface area is 137 Å². The van der Waals surface area contributed by atoms with Crippen LogP contribution in [0, 0.1) is 5.82 Å². The van der Waals surface area contributed by atoms with Crippen molar-refractivity contribution in [2.24, 2.45) is 0 Å². The first-order chi connectivity index (χ1) is 11.1. The molecular weight excluding hydrogens is 315 g/mol. The van der Waals surface area contributed by atoms with Crippen LogP contribution in [0.3, 0.4) is 0 Å². The van der Waals surface area contributed by atoms with Gasteiger partial charge < -0.3 is 5.32 Å². The number of nitrogens with zero attached hydrogens (tertiary/aromatic N) is 1. The summed E-state index contributed by atoms with van der Waals surface area (Å²) in [6.07, 6.45) is 4.57. The Hall–Kier alpha value is -2.72. The first-order valence-corrected chi connectivity index (χ1v) is 7.29. The summed E-state index contributed by atoms with van der Waals surface area (Å²) in [4.78, 5) is 16.2. The van der Waals surface area contributed by atoms with Crippen LogP contribution in [0.5, 0.6) is 0 Å². The number of carbonyl (C=O) groups is 1. The zero-order chi connectivity index (χ0) is 16.2. The van der Waals surface area contributed by atoms with E-state index in [1.807, 2.05) is 18.2 Å². The summed E-state index contributed by atoms with van der Waals surface area (Å²) in [6.45, 7) is 0. The smallest absolute Gasteiger partial charge is 0.248 e. The van der Waals surface area contributed by atoms with Crippen LogP contribution < -0.4 is 5.32 Å². The number of carbonyl (C=O) groups excluding carboxylic acids is 1. The number of hydrogen-bond acceptors (Lipinski definition) is 2. The van der Waals surface area contributed by atoms with Gasteiger partial charge in [0.25, 0.3) is 0 Å². The first-order valence-electron chi connectivity index (χ1n) is 6.91. The fourth-order valence-corrected chi connectivity index (χ4v) is 2.38. The summed E-state index contributed by atoms with van der Waals surface area (Å²) in [5.74, 6) is -0.714. The van der Waals surface area contributed by atoms with Gasteiger partial charge in [0, 0.05) is 22.7 Å². The molecule has 1 heterocycles. The lowest BCUT2D eigenvalue weighted by atomic mass is 10.1. The van der Waals surface area contributed by atoms with Crippen LogP contribution in [0.4, 0.5) is 10.1 Å². The minimum absolute atomic E-state index is 0.332. The molecule has 1 N–H and O–H groups in total. The van der Waals surface area contributed by atoms with Gasteiger partial charge in [0.15, 0.2) is 0 Å². The molecule has 3 aromatic rings. The summed E-state index contributed by atoms with van der Waals surface area (Å²) in [5, 5.41) is 3.84. The third kappa shape index (κ3) is 3.55. The minimum atomic E-state index is -0.382. The molecule has 114 valence electrons. The van der Waals surface area contributed by atoms with Crippen LogP contribution in [0.2, 0.25) is 5.02 Å². The summed E-state index contributed by atoms with van der Waals surface area (Å²) >= 11 is 6.03. The molecule has 3 nitrogen and oxygen atoms in total. The van der Waals surface area contributed by atoms with Gasteiger partial charge in [0.05, 0.1) is 11.2 Å². The average Bonchev–Trinajstić information content (AvgIpc) is 2.55. The van der Waals surface area contributed by atoms with E-state index in [9.17, 15) is 9.18 Å². The van der Waals surface area contributed by atoms with Gasteiger partial charge in [0.1, 0.15) is 5.82 Å². The van der Waals surface area contributed by atoms with E-state index in [2.05, 4.69) is 10.3 Å². The molecule has 0 saturated heterocycles. The highest BCUT2D eigenvalue weighted by molar-refractivity contribution is 6.32. The Kier molecular flexibility index (Phi) is 4.35. The SMILES string of the molecule is O=C(/C=C/c1ccccc1Cl)Nc1ccnc2ccc(F)cc12. The maximum Gasteiger partial charge on any atom is 0.248 e. The summed E-state index contributed by atoms with van der Waals surface area (Å²) < 4.78 is 13.4. The van der Waals surface area contributed by atoms with Crippen molar-refractivity contribution in [1.82, 2.24) is 4.98 Å². The molecule has 0 aliphatic carbocycles. The maximum absolute atomic E-state index is 13.4. The van der Waals surface area contributed by atoms with E-state index in [0.717, 1.165) is 5.56 Å². The van der Waals surface area contributed by atoms with E-state index in [1.165, 1.54) is 18.2 Å². The molecule has 0 aliphatic heterocycles. The van der Waals surface area contributed by atoms with Crippen LogP contribution in [-0.4, -0.2) is 10.9 Å². The van der Waals surface area contributed by atoms with Gasteiger partial charge in [-0.1, -0.05) is 29.8 Å². The molecule has 0 bridgehead atoms. The zero-order valence-corrected chi connectivity index (χ0v) is 12.7. The standard InChI is InChI=1S/C18H12ClFN2O/c19-15-4-2-1-3-12(15)5-8-18(23)22-17-9-10-21-16-7-6-13(20)11-14(16)17/h1-11H,(H,21,22,23)/b8-5+. The van der Waals surface area contributed by atoms with E-state index in [4.69, 9.17) is 11.6 Å². The lowest BCUT2D eigenvalue weighted by Gasteiger charge is -2.06. The van der Waals surface area contributed by atoms with Crippen molar-refractivity contribution in [1.29, 1.82) is 0 Å². The summed E-state index contributed by atoms with van der Waals surface area (Å²) in [6, 6.07) is 13.1. The van der Waals surface area contributed by atoms with E-state index < -0.39 is 0 Å². The van der Waals surface area contributed by atoms with Crippen LogP contribution in [0.15, 0.2) is 60.8 Å². The predicted octanol–water partition coefficient (Wildman–Crippen LogP) is 4.68. The molecule has 0 unspecified atom stereocenters. The molecule has 0 saturated carbocycles. The number of anilines is 1. The second kappa shape index (κ2) is 6.58. The Balaban J connectivity index is 1.83. The van der Waals surface area contributed by atoms with E-state index in [1.54, 1.807) is 30.5 Å². The summed E-state index contributed by atoms with van der Waals surface area (Å²) in [5.41, 5.74) is 1.86. The quantitative estimate of drug-likeness (QED) is 0.710. The molecule has 1 aromatic heterocycles. The molecule has 0 fully saturated rings. The van der Waals surface area contributed by atoms with Gasteiger partial charge in [-0.2, -0.15) is 0 Å². The van der Waals surface area contributed by atoms with Crippen LogP contribution in [0.25, 0.3) is 17.0 Å². The fourth-order valence-electron chi connectivity index (χ4n) is 2.18. The number of halogens is 2. The van der Waals surface area contributed by atoms with Crippen molar-refractivity contribution in [2.45, 2.75) is 0 Å². The van der Waals surface area contributed by atoms with Gasteiger partial charge in [-0.15, -0.1) is 0 Å². The second-order valence-electron chi connectivity index (χ2n) is 4.86. The van der Waals surface area contributed by atoms with Crippen molar-refractivity contribution in [3.8, 4) is 0 Å². The number of pyridine rings is 1. The van der Waals surface area contributed by atoms with Gasteiger partial charge in [-0.05, 0) is 42.0 Å². The van der Waals surface area contributed by atoms with Crippen LogP contribution in [-0.2, 0) is 4.79 Å². The molecule has 0 atom stereocenters. The molecule has 0 radical (unpaired) electrons.